The molecule has 2 unspecified atom stereocenters. The number of aryl methyl sites for hydroxylation is 1. The highest BCUT2D eigenvalue weighted by Gasteiger charge is 2.34. The number of carbonyl (C=O) groups excluding carboxylic acids is 1. The highest BCUT2D eigenvalue weighted by atomic mass is 16.5. The van der Waals surface area contributed by atoms with Gasteiger partial charge in [-0.1, -0.05) is 30.3 Å². The van der Waals surface area contributed by atoms with E-state index in [0.717, 1.165) is 60.1 Å². The lowest BCUT2D eigenvalue weighted by Crippen LogP contribution is -2.48. The van der Waals surface area contributed by atoms with Crippen molar-refractivity contribution in [2.75, 3.05) is 38.2 Å². The molecule has 2 aliphatic heterocycles. The normalized spacial score (nSPS) is 20.1. The van der Waals surface area contributed by atoms with Gasteiger partial charge in [0.2, 0.25) is 11.9 Å². The topological polar surface area (TPSA) is 78.8 Å². The summed E-state index contributed by atoms with van der Waals surface area (Å²) in [6.45, 7) is 4.90. The maximum absolute atomic E-state index is 13.4. The first-order chi connectivity index (χ1) is 17.0. The third-order valence-electron chi connectivity index (χ3n) is 7.58. The zero-order valence-corrected chi connectivity index (χ0v) is 20.6. The molecule has 2 aromatic carbocycles. The first-order valence-electron chi connectivity index (χ1n) is 12.6. The molecule has 0 radical (unpaired) electrons. The molecule has 35 heavy (non-hydrogen) atoms. The van der Waals surface area contributed by atoms with E-state index in [0.29, 0.717) is 25.6 Å². The molecule has 2 fully saturated rings. The van der Waals surface area contributed by atoms with Crippen molar-refractivity contribution < 1.29 is 14.6 Å². The molecule has 1 aromatic heterocycles. The number of likely N-dealkylation sites (tertiary alicyclic amines) is 1. The lowest BCUT2D eigenvalue weighted by atomic mass is 9.86. The summed E-state index contributed by atoms with van der Waals surface area (Å²) in [6, 6.07) is 15.7. The van der Waals surface area contributed by atoms with E-state index in [9.17, 15) is 9.90 Å². The Kier molecular flexibility index (Phi) is 6.86. The zero-order valence-electron chi connectivity index (χ0n) is 20.6. The van der Waals surface area contributed by atoms with Crippen LogP contribution in [0.2, 0.25) is 0 Å². The Morgan fingerprint density at radius 3 is 2.57 bits per heavy atom. The Bertz CT molecular complexity index is 1180. The van der Waals surface area contributed by atoms with Gasteiger partial charge in [0.25, 0.3) is 0 Å². The molecule has 3 heterocycles. The molecule has 2 aliphatic rings. The zero-order chi connectivity index (χ0) is 24.4. The van der Waals surface area contributed by atoms with Gasteiger partial charge in [0.1, 0.15) is 5.75 Å². The molecular formula is C28H34N4O3. The second kappa shape index (κ2) is 10.2. The maximum atomic E-state index is 13.4. The highest BCUT2D eigenvalue weighted by Crippen LogP contribution is 2.32. The van der Waals surface area contributed by atoms with Crippen molar-refractivity contribution in [1.82, 2.24) is 14.9 Å². The van der Waals surface area contributed by atoms with E-state index in [2.05, 4.69) is 4.90 Å². The predicted octanol–water partition coefficient (Wildman–Crippen LogP) is 4.14. The first kappa shape index (κ1) is 23.5. The summed E-state index contributed by atoms with van der Waals surface area (Å²) in [6.07, 6.45) is 3.02. The van der Waals surface area contributed by atoms with Crippen molar-refractivity contribution in [3.63, 3.8) is 0 Å². The standard InChI is InChI=1S/C28H34N4O3/c1-19-24-11-10-23(35-2)17-25(24)30-28(29-19)32-14-6-9-22(18-32)27(34)31-15-12-21(13-16-31)26(33)20-7-4-3-5-8-20/h3-5,7-8,10-11,17,21-22,26,33H,6,9,12-16,18H2,1-2H3. The van der Waals surface area contributed by atoms with Gasteiger partial charge < -0.3 is 19.6 Å². The van der Waals surface area contributed by atoms with Crippen molar-refractivity contribution in [3.8, 4) is 5.75 Å². The lowest BCUT2D eigenvalue weighted by molar-refractivity contribution is -0.137. The number of hydrogen-bond donors (Lipinski definition) is 1. The third-order valence-corrected chi connectivity index (χ3v) is 7.58. The summed E-state index contributed by atoms with van der Waals surface area (Å²) in [5, 5.41) is 11.8. The molecule has 184 valence electrons. The van der Waals surface area contributed by atoms with Gasteiger partial charge in [-0.25, -0.2) is 9.97 Å². The fraction of sp³-hybridized carbons (Fsp3) is 0.464. The number of benzene rings is 2. The van der Waals surface area contributed by atoms with E-state index in [1.807, 2.05) is 60.4 Å². The Labute approximate surface area is 206 Å². The number of rotatable bonds is 5. The predicted molar refractivity (Wildman–Crippen MR) is 136 cm³/mol. The average Bonchev–Trinajstić information content (AvgIpc) is 2.92. The van der Waals surface area contributed by atoms with Gasteiger partial charge in [-0.05, 0) is 56.2 Å². The molecule has 1 amide bonds. The van der Waals surface area contributed by atoms with Gasteiger partial charge in [0.15, 0.2) is 0 Å². The molecule has 2 atom stereocenters. The van der Waals surface area contributed by atoms with E-state index in [1.165, 1.54) is 0 Å². The fourth-order valence-corrected chi connectivity index (χ4v) is 5.50. The van der Waals surface area contributed by atoms with Crippen LogP contribution in [0.3, 0.4) is 0 Å². The van der Waals surface area contributed by atoms with Gasteiger partial charge in [0, 0.05) is 37.6 Å². The summed E-state index contributed by atoms with van der Waals surface area (Å²) in [7, 11) is 1.65. The number of aliphatic hydroxyl groups excluding tert-OH is 1. The van der Waals surface area contributed by atoms with Crippen LogP contribution in [0.1, 0.15) is 43.0 Å². The van der Waals surface area contributed by atoms with Gasteiger partial charge in [-0.2, -0.15) is 0 Å². The molecular weight excluding hydrogens is 440 g/mol. The summed E-state index contributed by atoms with van der Waals surface area (Å²) < 4.78 is 5.37. The Morgan fingerprint density at radius 2 is 1.83 bits per heavy atom. The maximum Gasteiger partial charge on any atom is 0.227 e. The number of hydrogen-bond acceptors (Lipinski definition) is 6. The van der Waals surface area contributed by atoms with Crippen LogP contribution in [0.4, 0.5) is 5.95 Å². The van der Waals surface area contributed by atoms with Crippen molar-refractivity contribution in [2.24, 2.45) is 11.8 Å². The molecule has 2 saturated heterocycles. The number of anilines is 1. The van der Waals surface area contributed by atoms with Crippen LogP contribution in [-0.4, -0.2) is 59.2 Å². The lowest BCUT2D eigenvalue weighted by Gasteiger charge is -2.38. The summed E-state index contributed by atoms with van der Waals surface area (Å²) in [5.74, 6) is 1.82. The number of ether oxygens (including phenoxy) is 1. The van der Waals surface area contributed by atoms with Gasteiger partial charge in [-0.3, -0.25) is 4.79 Å². The van der Waals surface area contributed by atoms with Crippen LogP contribution in [0.15, 0.2) is 48.5 Å². The van der Waals surface area contributed by atoms with Gasteiger partial charge in [0.05, 0.1) is 30.3 Å². The Balaban J connectivity index is 1.24. The van der Waals surface area contributed by atoms with Gasteiger partial charge >= 0.3 is 0 Å². The summed E-state index contributed by atoms with van der Waals surface area (Å²) in [5.41, 5.74) is 2.75. The second-order valence-corrected chi connectivity index (χ2v) is 9.80. The van der Waals surface area contributed by atoms with Crippen molar-refractivity contribution in [3.05, 3.63) is 59.8 Å². The van der Waals surface area contributed by atoms with Crippen LogP contribution in [0.5, 0.6) is 5.75 Å². The molecule has 0 bridgehead atoms. The quantitative estimate of drug-likeness (QED) is 0.599. The second-order valence-electron chi connectivity index (χ2n) is 9.80. The molecule has 7 heteroatoms. The SMILES string of the molecule is COc1ccc2c(C)nc(N3CCCC(C(=O)N4CCC(C(O)c5ccccc5)CC4)C3)nc2c1. The van der Waals surface area contributed by atoms with Crippen molar-refractivity contribution in [2.45, 2.75) is 38.7 Å². The molecule has 7 nitrogen and oxygen atoms in total. The van der Waals surface area contributed by atoms with E-state index in [4.69, 9.17) is 14.7 Å². The highest BCUT2D eigenvalue weighted by molar-refractivity contribution is 5.83. The number of piperidine rings is 2. The Hall–Kier alpha value is -3.19. The smallest absolute Gasteiger partial charge is 0.227 e. The minimum Gasteiger partial charge on any atom is -0.497 e. The first-order valence-corrected chi connectivity index (χ1v) is 12.6. The average molecular weight is 475 g/mol. The van der Waals surface area contributed by atoms with Gasteiger partial charge in [-0.15, -0.1) is 0 Å². The third kappa shape index (κ3) is 4.96. The van der Waals surface area contributed by atoms with Crippen LogP contribution in [0, 0.1) is 18.8 Å². The molecule has 5 rings (SSSR count). The van der Waals surface area contributed by atoms with Crippen molar-refractivity contribution >= 4 is 22.8 Å². The van der Waals surface area contributed by atoms with E-state index >= 15 is 0 Å². The number of methoxy groups -OCH3 is 1. The monoisotopic (exact) mass is 474 g/mol. The largest absolute Gasteiger partial charge is 0.497 e. The summed E-state index contributed by atoms with van der Waals surface area (Å²) >= 11 is 0. The molecule has 0 spiro atoms. The minimum atomic E-state index is -0.467. The number of aromatic nitrogens is 2. The Morgan fingerprint density at radius 1 is 1.06 bits per heavy atom. The van der Waals surface area contributed by atoms with E-state index in [-0.39, 0.29) is 17.7 Å². The minimum absolute atomic E-state index is 0.0516. The number of aliphatic hydroxyl groups is 1. The molecule has 0 saturated carbocycles. The van der Waals surface area contributed by atoms with Crippen LogP contribution in [0.25, 0.3) is 10.9 Å². The number of amides is 1. The van der Waals surface area contributed by atoms with E-state index in [1.54, 1.807) is 7.11 Å². The van der Waals surface area contributed by atoms with Crippen LogP contribution in [-0.2, 0) is 4.79 Å². The number of nitrogens with zero attached hydrogens (tertiary/aromatic N) is 4. The fourth-order valence-electron chi connectivity index (χ4n) is 5.50. The van der Waals surface area contributed by atoms with E-state index < -0.39 is 6.10 Å². The number of fused-ring (bicyclic) bond motifs is 1. The number of carbonyl (C=O) groups is 1. The molecule has 1 N–H and O–H groups in total. The molecule has 0 aliphatic carbocycles. The molecule has 3 aromatic rings. The van der Waals surface area contributed by atoms with Crippen LogP contribution >= 0.6 is 0 Å². The van der Waals surface area contributed by atoms with Crippen molar-refractivity contribution in [1.29, 1.82) is 0 Å². The van der Waals surface area contributed by atoms with Crippen LogP contribution < -0.4 is 9.64 Å². The summed E-state index contributed by atoms with van der Waals surface area (Å²) in [4.78, 5) is 27.2.